The number of benzene rings is 2. The number of aromatic nitrogens is 4. The lowest BCUT2D eigenvalue weighted by Crippen LogP contribution is -2.51. The van der Waals surface area contributed by atoms with Gasteiger partial charge in [0.15, 0.2) is 0 Å². The average Bonchev–Trinajstić information content (AvgIpc) is 3.54. The molecule has 42 heavy (non-hydrogen) atoms. The van der Waals surface area contributed by atoms with E-state index in [9.17, 15) is 27.6 Å². The van der Waals surface area contributed by atoms with E-state index in [-0.39, 0.29) is 24.1 Å². The Hall–Kier alpha value is -4.49. The molecule has 0 unspecified atom stereocenters. The standard InChI is InChI=1S/C28H30F3N7O4/c1-2-3-4-18-13-15-27(16-14-18)24(40)38(21-9-11-22(12-10-21)42-28(29,30)31)26(41)37(27)17-19-5-7-20(8-6-19)23(39)32-25-33-35-36-34-25/h5-12,18H,2-4,13-17H2,1H3,(H2,32,33,34,35,36,39). The minimum atomic E-state index is -4.86. The van der Waals surface area contributed by atoms with Gasteiger partial charge in [-0.25, -0.2) is 9.69 Å². The second-order valence-corrected chi connectivity index (χ2v) is 10.6. The molecular weight excluding hydrogens is 555 g/mol. The van der Waals surface area contributed by atoms with Crippen molar-refractivity contribution in [3.8, 4) is 5.75 Å². The first-order chi connectivity index (χ1) is 20.1. The van der Waals surface area contributed by atoms with Crippen molar-refractivity contribution in [2.75, 3.05) is 10.2 Å². The molecule has 1 spiro atoms. The van der Waals surface area contributed by atoms with E-state index in [0.29, 0.717) is 29.9 Å². The number of hydrogen-bond acceptors (Lipinski definition) is 7. The van der Waals surface area contributed by atoms with E-state index in [2.05, 4.69) is 37.6 Å². The van der Waals surface area contributed by atoms with Gasteiger partial charge in [-0.1, -0.05) is 43.4 Å². The molecule has 1 saturated heterocycles. The number of rotatable bonds is 9. The zero-order chi connectivity index (χ0) is 29.9. The predicted octanol–water partition coefficient (Wildman–Crippen LogP) is 5.44. The molecule has 5 rings (SSSR count). The van der Waals surface area contributed by atoms with Crippen molar-refractivity contribution < 1.29 is 32.3 Å². The van der Waals surface area contributed by atoms with Crippen molar-refractivity contribution in [1.82, 2.24) is 25.5 Å². The van der Waals surface area contributed by atoms with E-state index in [4.69, 9.17) is 0 Å². The molecule has 11 nitrogen and oxygen atoms in total. The van der Waals surface area contributed by atoms with Crippen LogP contribution in [0.3, 0.4) is 0 Å². The van der Waals surface area contributed by atoms with E-state index < -0.39 is 29.6 Å². The van der Waals surface area contributed by atoms with Gasteiger partial charge in [-0.3, -0.25) is 14.9 Å². The Morgan fingerprint density at radius 1 is 1.10 bits per heavy atom. The molecule has 2 aliphatic rings. The number of halogens is 3. The quantitative estimate of drug-likeness (QED) is 0.320. The topological polar surface area (TPSA) is 133 Å². The first kappa shape index (κ1) is 29.0. The van der Waals surface area contributed by atoms with Gasteiger partial charge in [0, 0.05) is 12.1 Å². The van der Waals surface area contributed by atoms with Crippen LogP contribution in [0.15, 0.2) is 48.5 Å². The monoisotopic (exact) mass is 585 g/mol. The number of carbonyl (C=O) groups is 3. The third-order valence-corrected chi connectivity index (χ3v) is 7.89. The number of urea groups is 1. The summed E-state index contributed by atoms with van der Waals surface area (Å²) in [6.45, 7) is 2.25. The summed E-state index contributed by atoms with van der Waals surface area (Å²) in [5.74, 6) is -0.787. The first-order valence-corrected chi connectivity index (χ1v) is 13.8. The third-order valence-electron chi connectivity index (χ3n) is 7.89. The fourth-order valence-corrected chi connectivity index (χ4v) is 5.71. The number of H-pyrrole nitrogens is 1. The Kier molecular flexibility index (Phi) is 8.14. The van der Waals surface area contributed by atoms with Gasteiger partial charge in [0.05, 0.1) is 5.69 Å². The summed E-state index contributed by atoms with van der Waals surface area (Å²) in [7, 11) is 0. The molecule has 2 aromatic carbocycles. The van der Waals surface area contributed by atoms with Crippen molar-refractivity contribution in [1.29, 1.82) is 0 Å². The van der Waals surface area contributed by atoms with E-state index in [0.717, 1.165) is 49.1 Å². The molecule has 2 heterocycles. The number of nitrogens with one attached hydrogen (secondary N) is 2. The predicted molar refractivity (Wildman–Crippen MR) is 144 cm³/mol. The van der Waals surface area contributed by atoms with Crippen LogP contribution in [0.1, 0.15) is 67.8 Å². The van der Waals surface area contributed by atoms with E-state index in [1.165, 1.54) is 12.1 Å². The molecule has 1 aromatic heterocycles. The van der Waals surface area contributed by atoms with Crippen molar-refractivity contribution in [3.63, 3.8) is 0 Å². The molecule has 0 bridgehead atoms. The highest BCUT2D eigenvalue weighted by molar-refractivity contribution is 6.23. The molecule has 1 aliphatic heterocycles. The number of hydrogen-bond donors (Lipinski definition) is 2. The zero-order valence-electron chi connectivity index (χ0n) is 22.9. The Morgan fingerprint density at radius 3 is 2.38 bits per heavy atom. The van der Waals surface area contributed by atoms with E-state index >= 15 is 0 Å². The summed E-state index contributed by atoms with van der Waals surface area (Å²) < 4.78 is 41.9. The maximum Gasteiger partial charge on any atom is 0.573 e. The average molecular weight is 586 g/mol. The smallest absolute Gasteiger partial charge is 0.406 e. The summed E-state index contributed by atoms with van der Waals surface area (Å²) in [6.07, 6.45) is 0.933. The second-order valence-electron chi connectivity index (χ2n) is 10.6. The number of carbonyl (C=O) groups excluding carboxylic acids is 3. The van der Waals surface area contributed by atoms with E-state index in [1.807, 2.05) is 0 Å². The Labute approximate surface area is 239 Å². The summed E-state index contributed by atoms with van der Waals surface area (Å²) in [4.78, 5) is 43.0. The fourth-order valence-electron chi connectivity index (χ4n) is 5.71. The summed E-state index contributed by atoms with van der Waals surface area (Å²) in [5, 5.41) is 15.5. The molecule has 2 fully saturated rings. The van der Waals surface area contributed by atoms with Crippen molar-refractivity contribution in [2.45, 2.75) is 70.3 Å². The van der Waals surface area contributed by atoms with Crippen LogP contribution in [0, 0.1) is 5.92 Å². The summed E-state index contributed by atoms with van der Waals surface area (Å²) in [5.41, 5.74) is 0.134. The number of aromatic amines is 1. The number of amides is 4. The van der Waals surface area contributed by atoms with Crippen LogP contribution in [-0.4, -0.2) is 55.3 Å². The molecule has 3 aromatic rings. The van der Waals surface area contributed by atoms with Gasteiger partial charge >= 0.3 is 12.4 Å². The lowest BCUT2D eigenvalue weighted by molar-refractivity contribution is -0.274. The van der Waals surface area contributed by atoms with Crippen molar-refractivity contribution >= 4 is 29.5 Å². The minimum Gasteiger partial charge on any atom is -0.406 e. The normalized spacial score (nSPS) is 20.8. The van der Waals surface area contributed by atoms with Crippen molar-refractivity contribution in [2.24, 2.45) is 5.92 Å². The summed E-state index contributed by atoms with van der Waals surface area (Å²) in [6, 6.07) is 10.8. The highest BCUT2D eigenvalue weighted by atomic mass is 19.4. The van der Waals surface area contributed by atoms with Gasteiger partial charge in [0.2, 0.25) is 0 Å². The van der Waals surface area contributed by atoms with Gasteiger partial charge in [0.1, 0.15) is 11.3 Å². The highest BCUT2D eigenvalue weighted by Gasteiger charge is 2.58. The Morgan fingerprint density at radius 2 is 1.79 bits per heavy atom. The number of tetrazole rings is 1. The van der Waals surface area contributed by atoms with Crippen LogP contribution in [0.25, 0.3) is 0 Å². The van der Waals surface area contributed by atoms with Crippen LogP contribution in [0.2, 0.25) is 0 Å². The fraction of sp³-hybridized carbons (Fsp3) is 0.429. The van der Waals surface area contributed by atoms with Crippen LogP contribution >= 0.6 is 0 Å². The van der Waals surface area contributed by atoms with Crippen LogP contribution < -0.4 is 15.0 Å². The maximum atomic E-state index is 14.0. The second kappa shape index (κ2) is 11.8. The number of nitrogens with zero attached hydrogens (tertiary/aromatic N) is 5. The van der Waals surface area contributed by atoms with Gasteiger partial charge < -0.3 is 9.64 Å². The van der Waals surface area contributed by atoms with Gasteiger partial charge in [-0.2, -0.15) is 5.21 Å². The summed E-state index contributed by atoms with van der Waals surface area (Å²) >= 11 is 0. The SMILES string of the molecule is CCCCC1CCC2(CC1)C(=O)N(c1ccc(OC(F)(F)F)cc1)C(=O)N2Cc1ccc(C(=O)Nc2nn[nH]n2)cc1. The molecule has 2 N–H and O–H groups in total. The maximum absolute atomic E-state index is 14.0. The minimum absolute atomic E-state index is 0.0276. The Bertz CT molecular complexity index is 1400. The van der Waals surface area contributed by atoms with Crippen LogP contribution in [-0.2, 0) is 11.3 Å². The molecule has 1 saturated carbocycles. The zero-order valence-corrected chi connectivity index (χ0v) is 22.9. The number of ether oxygens (including phenoxy) is 1. The first-order valence-electron chi connectivity index (χ1n) is 13.8. The van der Waals surface area contributed by atoms with E-state index in [1.54, 1.807) is 29.2 Å². The van der Waals surface area contributed by atoms with Gasteiger partial charge in [-0.05, 0) is 78.8 Å². The number of anilines is 2. The molecule has 222 valence electrons. The van der Waals surface area contributed by atoms with Crippen LogP contribution in [0.4, 0.5) is 29.6 Å². The van der Waals surface area contributed by atoms with Gasteiger partial charge in [0.25, 0.3) is 17.8 Å². The molecular formula is C28H30F3N7O4. The molecule has 0 atom stereocenters. The van der Waals surface area contributed by atoms with Crippen molar-refractivity contribution in [3.05, 3.63) is 59.7 Å². The lowest BCUT2D eigenvalue weighted by Gasteiger charge is -2.41. The molecule has 14 heteroatoms. The third kappa shape index (κ3) is 6.06. The largest absolute Gasteiger partial charge is 0.573 e. The highest BCUT2D eigenvalue weighted by Crippen LogP contribution is 2.45. The number of alkyl halides is 3. The number of imide groups is 1. The number of unbranched alkanes of at least 4 members (excludes halogenated alkanes) is 1. The lowest BCUT2D eigenvalue weighted by atomic mass is 9.74. The molecule has 1 aliphatic carbocycles. The van der Waals surface area contributed by atoms with Gasteiger partial charge in [-0.15, -0.1) is 18.3 Å². The molecule has 4 amide bonds. The van der Waals surface area contributed by atoms with Crippen LogP contribution in [0.5, 0.6) is 5.75 Å². The molecule has 0 radical (unpaired) electrons. The Balaban J connectivity index is 1.38.